The number of carbonyl (C=O) groups is 1. The lowest BCUT2D eigenvalue weighted by Gasteiger charge is -2.20. The van der Waals surface area contributed by atoms with Crippen LogP contribution in [0, 0.1) is 17.2 Å². The molecule has 0 aliphatic heterocycles. The van der Waals surface area contributed by atoms with Gasteiger partial charge >= 0.3 is 5.97 Å². The van der Waals surface area contributed by atoms with E-state index in [0.717, 1.165) is 19.3 Å². The summed E-state index contributed by atoms with van der Waals surface area (Å²) in [5, 5.41) is 17.8. The normalized spacial score (nSPS) is 24.2. The van der Waals surface area contributed by atoms with Crippen molar-refractivity contribution in [1.29, 1.82) is 5.26 Å². The summed E-state index contributed by atoms with van der Waals surface area (Å²) in [7, 11) is 0. The van der Waals surface area contributed by atoms with Crippen molar-refractivity contribution < 1.29 is 9.90 Å². The molecule has 1 aromatic heterocycles. The Hall–Kier alpha value is -1.76. The van der Waals surface area contributed by atoms with Crippen molar-refractivity contribution in [2.24, 2.45) is 5.92 Å². The van der Waals surface area contributed by atoms with E-state index >= 15 is 0 Å². The quantitative estimate of drug-likeness (QED) is 0.845. The summed E-state index contributed by atoms with van der Waals surface area (Å²) in [6, 6.07) is 5.94. The smallest absolute Gasteiger partial charge is 0.303 e. The summed E-state index contributed by atoms with van der Waals surface area (Å²) in [5.74, 6) is -0.584. The minimum absolute atomic E-state index is 0.164. The molecule has 1 saturated carbocycles. The average molecular weight is 218 g/mol. The van der Waals surface area contributed by atoms with E-state index in [0.29, 0.717) is 5.69 Å². The third kappa shape index (κ3) is 1.94. The van der Waals surface area contributed by atoms with E-state index in [4.69, 9.17) is 10.4 Å². The van der Waals surface area contributed by atoms with E-state index in [-0.39, 0.29) is 18.4 Å². The molecule has 4 nitrogen and oxygen atoms in total. The second-order valence-corrected chi connectivity index (χ2v) is 4.27. The number of aromatic nitrogens is 1. The number of nitriles is 1. The molecule has 0 bridgehead atoms. The van der Waals surface area contributed by atoms with Gasteiger partial charge in [-0.15, -0.1) is 0 Å². The van der Waals surface area contributed by atoms with Crippen LogP contribution in [-0.2, 0) is 4.79 Å². The summed E-state index contributed by atoms with van der Waals surface area (Å²) in [6.45, 7) is 0. The van der Waals surface area contributed by atoms with Gasteiger partial charge in [0.2, 0.25) is 0 Å². The first-order valence-corrected chi connectivity index (χ1v) is 5.51. The summed E-state index contributed by atoms with van der Waals surface area (Å²) in [5.41, 5.74) is 0.627. The molecular formula is C12H14N2O2. The summed E-state index contributed by atoms with van der Waals surface area (Å²) >= 11 is 0. The fourth-order valence-corrected chi connectivity index (χ4v) is 2.62. The lowest BCUT2D eigenvalue weighted by Crippen LogP contribution is -2.17. The molecule has 1 aromatic rings. The molecule has 0 amide bonds. The third-order valence-electron chi connectivity index (χ3n) is 3.31. The van der Waals surface area contributed by atoms with E-state index in [9.17, 15) is 4.79 Å². The van der Waals surface area contributed by atoms with Gasteiger partial charge in [0.1, 0.15) is 11.8 Å². The molecule has 0 radical (unpaired) electrons. The highest BCUT2D eigenvalue weighted by Gasteiger charge is 2.30. The highest BCUT2D eigenvalue weighted by molar-refractivity contribution is 5.67. The predicted molar refractivity (Wildman–Crippen MR) is 57.8 cm³/mol. The zero-order valence-electron chi connectivity index (χ0n) is 8.97. The first-order chi connectivity index (χ1) is 7.72. The molecule has 0 aromatic carbocycles. The van der Waals surface area contributed by atoms with Gasteiger partial charge in [0.25, 0.3) is 0 Å². The molecular weight excluding hydrogens is 204 g/mol. The van der Waals surface area contributed by atoms with Gasteiger partial charge in [0.05, 0.1) is 6.42 Å². The number of aliphatic carboxylic acids is 1. The SMILES string of the molecule is N#Cc1cccn1C1CCCC1CC(=O)O. The van der Waals surface area contributed by atoms with E-state index in [2.05, 4.69) is 6.07 Å². The number of hydrogen-bond donors (Lipinski definition) is 1. The molecule has 1 heterocycles. The van der Waals surface area contributed by atoms with E-state index in [1.165, 1.54) is 0 Å². The summed E-state index contributed by atoms with van der Waals surface area (Å²) in [6.07, 6.45) is 5.05. The highest BCUT2D eigenvalue weighted by Crippen LogP contribution is 2.38. The zero-order valence-corrected chi connectivity index (χ0v) is 8.97. The van der Waals surface area contributed by atoms with Gasteiger partial charge in [0.15, 0.2) is 0 Å². The van der Waals surface area contributed by atoms with Gasteiger partial charge < -0.3 is 9.67 Å². The molecule has 2 unspecified atom stereocenters. The molecule has 2 atom stereocenters. The van der Waals surface area contributed by atoms with Crippen molar-refractivity contribution in [3.63, 3.8) is 0 Å². The molecule has 1 aliphatic rings. The van der Waals surface area contributed by atoms with Crippen LogP contribution in [0.1, 0.15) is 37.4 Å². The summed E-state index contributed by atoms with van der Waals surface area (Å²) in [4.78, 5) is 10.8. The average Bonchev–Trinajstić information content (AvgIpc) is 2.83. The topological polar surface area (TPSA) is 66.0 Å². The standard InChI is InChI=1S/C12H14N2O2/c13-8-10-4-2-6-14(10)11-5-1-3-9(11)7-12(15)16/h2,4,6,9,11H,1,3,5,7H2,(H,15,16). The molecule has 0 spiro atoms. The van der Waals surface area contributed by atoms with Crippen molar-refractivity contribution >= 4 is 5.97 Å². The Labute approximate surface area is 94.1 Å². The molecule has 1 aliphatic carbocycles. The Bertz CT molecular complexity index is 430. The molecule has 0 saturated heterocycles. The van der Waals surface area contributed by atoms with Crippen LogP contribution in [0.5, 0.6) is 0 Å². The van der Waals surface area contributed by atoms with E-state index in [1.807, 2.05) is 16.8 Å². The maximum absolute atomic E-state index is 10.8. The maximum Gasteiger partial charge on any atom is 0.303 e. The van der Waals surface area contributed by atoms with Crippen LogP contribution in [0.2, 0.25) is 0 Å². The lowest BCUT2D eigenvalue weighted by atomic mass is 9.99. The largest absolute Gasteiger partial charge is 0.481 e. The van der Waals surface area contributed by atoms with Gasteiger partial charge in [-0.2, -0.15) is 5.26 Å². The molecule has 84 valence electrons. The van der Waals surface area contributed by atoms with Crippen LogP contribution in [0.3, 0.4) is 0 Å². The summed E-state index contributed by atoms with van der Waals surface area (Å²) < 4.78 is 1.93. The first kappa shape index (κ1) is 10.7. The van der Waals surface area contributed by atoms with Gasteiger partial charge in [-0.3, -0.25) is 4.79 Å². The van der Waals surface area contributed by atoms with Crippen molar-refractivity contribution in [2.75, 3.05) is 0 Å². The van der Waals surface area contributed by atoms with Crippen molar-refractivity contribution in [1.82, 2.24) is 4.57 Å². The molecule has 4 heteroatoms. The Morgan fingerprint density at radius 3 is 3.12 bits per heavy atom. The van der Waals surface area contributed by atoms with Crippen molar-refractivity contribution in [3.05, 3.63) is 24.0 Å². The highest BCUT2D eigenvalue weighted by atomic mass is 16.4. The lowest BCUT2D eigenvalue weighted by molar-refractivity contribution is -0.138. The van der Waals surface area contributed by atoms with Gasteiger partial charge in [-0.1, -0.05) is 6.42 Å². The Kier molecular flexibility index (Phi) is 2.95. The monoisotopic (exact) mass is 218 g/mol. The van der Waals surface area contributed by atoms with Crippen LogP contribution in [0.15, 0.2) is 18.3 Å². The van der Waals surface area contributed by atoms with Crippen LogP contribution < -0.4 is 0 Å². The molecule has 1 N–H and O–H groups in total. The van der Waals surface area contributed by atoms with E-state index < -0.39 is 5.97 Å². The maximum atomic E-state index is 10.8. The number of carboxylic acid groups (broad SMARTS) is 1. The zero-order chi connectivity index (χ0) is 11.5. The minimum atomic E-state index is -0.748. The third-order valence-corrected chi connectivity index (χ3v) is 3.31. The molecule has 1 fully saturated rings. The Balaban J connectivity index is 2.20. The van der Waals surface area contributed by atoms with Crippen LogP contribution in [-0.4, -0.2) is 15.6 Å². The van der Waals surface area contributed by atoms with Crippen molar-refractivity contribution in [2.45, 2.75) is 31.7 Å². The van der Waals surface area contributed by atoms with Crippen LogP contribution in [0.25, 0.3) is 0 Å². The molecule has 2 rings (SSSR count). The van der Waals surface area contributed by atoms with Crippen LogP contribution >= 0.6 is 0 Å². The van der Waals surface area contributed by atoms with Crippen LogP contribution in [0.4, 0.5) is 0 Å². The number of nitrogens with zero attached hydrogens (tertiary/aromatic N) is 2. The Morgan fingerprint density at radius 2 is 2.44 bits per heavy atom. The molecule has 16 heavy (non-hydrogen) atoms. The van der Waals surface area contributed by atoms with Gasteiger partial charge in [-0.05, 0) is 30.9 Å². The number of carboxylic acids is 1. The fourth-order valence-electron chi connectivity index (χ4n) is 2.62. The van der Waals surface area contributed by atoms with Gasteiger partial charge in [0, 0.05) is 12.2 Å². The minimum Gasteiger partial charge on any atom is -0.481 e. The Morgan fingerprint density at radius 1 is 1.62 bits per heavy atom. The fraction of sp³-hybridized carbons (Fsp3) is 0.500. The second-order valence-electron chi connectivity index (χ2n) is 4.27. The van der Waals surface area contributed by atoms with Crippen molar-refractivity contribution in [3.8, 4) is 6.07 Å². The van der Waals surface area contributed by atoms with Gasteiger partial charge in [-0.25, -0.2) is 0 Å². The second kappa shape index (κ2) is 4.40. The number of hydrogen-bond acceptors (Lipinski definition) is 2. The first-order valence-electron chi connectivity index (χ1n) is 5.51. The predicted octanol–water partition coefficient (Wildman–Crippen LogP) is 2.18. The number of rotatable bonds is 3. The van der Waals surface area contributed by atoms with E-state index in [1.54, 1.807) is 6.07 Å².